The Hall–Kier alpha value is -3.41. The highest BCUT2D eigenvalue weighted by molar-refractivity contribution is 6.08. The van der Waals surface area contributed by atoms with Gasteiger partial charge in [-0.2, -0.15) is 5.10 Å². The number of hydrogen-bond donors (Lipinski definition) is 2. The zero-order valence-corrected chi connectivity index (χ0v) is 13.6. The van der Waals surface area contributed by atoms with Crippen molar-refractivity contribution in [2.24, 2.45) is 7.05 Å². The van der Waals surface area contributed by atoms with E-state index in [1.165, 1.54) is 6.07 Å². The standard InChI is InChI=1S/C19H17N3O3/c1-22-14(10-11-21-22)12-20-18(23)16-9-5-8-15(17(16)19(24)25)13-6-3-2-4-7-13/h2-11H,12H2,1H3,(H,20,23)(H,24,25). The molecule has 0 aliphatic rings. The molecule has 2 aromatic carbocycles. The summed E-state index contributed by atoms with van der Waals surface area (Å²) in [4.78, 5) is 24.4. The second-order valence-electron chi connectivity index (χ2n) is 5.53. The van der Waals surface area contributed by atoms with Crippen LogP contribution in [0.2, 0.25) is 0 Å². The van der Waals surface area contributed by atoms with Crippen LogP contribution in [0.3, 0.4) is 0 Å². The van der Waals surface area contributed by atoms with Crippen LogP contribution in [0.5, 0.6) is 0 Å². The summed E-state index contributed by atoms with van der Waals surface area (Å²) in [5, 5.41) is 16.5. The molecule has 126 valence electrons. The van der Waals surface area contributed by atoms with E-state index in [-0.39, 0.29) is 17.7 Å². The highest BCUT2D eigenvalue weighted by atomic mass is 16.4. The van der Waals surface area contributed by atoms with Gasteiger partial charge in [0.2, 0.25) is 0 Å². The number of carbonyl (C=O) groups excluding carboxylic acids is 1. The maximum atomic E-state index is 12.6. The molecule has 0 aliphatic heterocycles. The highest BCUT2D eigenvalue weighted by Gasteiger charge is 2.21. The van der Waals surface area contributed by atoms with Crippen LogP contribution in [0, 0.1) is 0 Å². The average molecular weight is 335 g/mol. The number of aromatic nitrogens is 2. The normalized spacial score (nSPS) is 10.4. The van der Waals surface area contributed by atoms with E-state index in [0.29, 0.717) is 5.56 Å². The molecule has 0 atom stereocenters. The van der Waals surface area contributed by atoms with Gasteiger partial charge in [-0.3, -0.25) is 9.48 Å². The zero-order chi connectivity index (χ0) is 17.8. The summed E-state index contributed by atoms with van der Waals surface area (Å²) in [6, 6.07) is 15.9. The molecule has 0 aliphatic carbocycles. The zero-order valence-electron chi connectivity index (χ0n) is 13.6. The van der Waals surface area contributed by atoms with Gasteiger partial charge < -0.3 is 10.4 Å². The van der Waals surface area contributed by atoms with E-state index in [1.807, 2.05) is 30.3 Å². The highest BCUT2D eigenvalue weighted by Crippen LogP contribution is 2.26. The fraction of sp³-hybridized carbons (Fsp3) is 0.105. The third-order valence-corrected chi connectivity index (χ3v) is 3.96. The lowest BCUT2D eigenvalue weighted by atomic mass is 9.95. The van der Waals surface area contributed by atoms with E-state index in [0.717, 1.165) is 11.3 Å². The molecular formula is C19H17N3O3. The minimum absolute atomic E-state index is 0.00351. The van der Waals surface area contributed by atoms with Gasteiger partial charge in [-0.1, -0.05) is 42.5 Å². The first-order valence-electron chi connectivity index (χ1n) is 7.74. The Bertz CT molecular complexity index is 917. The van der Waals surface area contributed by atoms with E-state index in [4.69, 9.17) is 0 Å². The third kappa shape index (κ3) is 3.42. The van der Waals surface area contributed by atoms with Gasteiger partial charge in [-0.15, -0.1) is 0 Å². The quantitative estimate of drug-likeness (QED) is 0.751. The fourth-order valence-electron chi connectivity index (χ4n) is 2.67. The second kappa shape index (κ2) is 7.00. The summed E-state index contributed by atoms with van der Waals surface area (Å²) in [6.07, 6.45) is 1.64. The van der Waals surface area contributed by atoms with Crippen molar-refractivity contribution in [3.8, 4) is 11.1 Å². The lowest BCUT2D eigenvalue weighted by Gasteiger charge is -2.12. The average Bonchev–Trinajstić information content (AvgIpc) is 3.04. The first kappa shape index (κ1) is 16.4. The summed E-state index contributed by atoms with van der Waals surface area (Å²) < 4.78 is 1.65. The number of carbonyl (C=O) groups is 2. The summed E-state index contributed by atoms with van der Waals surface area (Å²) in [6.45, 7) is 0.268. The van der Waals surface area contributed by atoms with Crippen molar-refractivity contribution >= 4 is 11.9 Å². The topological polar surface area (TPSA) is 84.2 Å². The van der Waals surface area contributed by atoms with Crippen LogP contribution >= 0.6 is 0 Å². The van der Waals surface area contributed by atoms with Gasteiger partial charge in [0.15, 0.2) is 0 Å². The molecule has 3 aromatic rings. The first-order valence-corrected chi connectivity index (χ1v) is 7.74. The van der Waals surface area contributed by atoms with Crippen molar-refractivity contribution in [3.05, 3.63) is 77.6 Å². The molecular weight excluding hydrogens is 318 g/mol. The van der Waals surface area contributed by atoms with E-state index in [1.54, 1.807) is 36.1 Å². The SMILES string of the molecule is Cn1nccc1CNC(=O)c1cccc(-c2ccccc2)c1C(=O)O. The summed E-state index contributed by atoms with van der Waals surface area (Å²) >= 11 is 0. The number of nitrogens with one attached hydrogen (secondary N) is 1. The van der Waals surface area contributed by atoms with Crippen molar-refractivity contribution in [2.75, 3.05) is 0 Å². The van der Waals surface area contributed by atoms with Crippen molar-refractivity contribution in [2.45, 2.75) is 6.54 Å². The van der Waals surface area contributed by atoms with Crippen molar-refractivity contribution in [1.82, 2.24) is 15.1 Å². The minimum Gasteiger partial charge on any atom is -0.478 e. The number of amides is 1. The van der Waals surface area contributed by atoms with Gasteiger partial charge >= 0.3 is 5.97 Å². The maximum absolute atomic E-state index is 12.6. The smallest absolute Gasteiger partial charge is 0.337 e. The van der Waals surface area contributed by atoms with E-state index < -0.39 is 11.9 Å². The van der Waals surface area contributed by atoms with Crippen LogP contribution in [-0.4, -0.2) is 26.8 Å². The van der Waals surface area contributed by atoms with Crippen LogP contribution < -0.4 is 5.32 Å². The van der Waals surface area contributed by atoms with Gasteiger partial charge in [0, 0.05) is 13.2 Å². The predicted molar refractivity (Wildman–Crippen MR) is 93.2 cm³/mol. The fourth-order valence-corrected chi connectivity index (χ4v) is 2.67. The Morgan fingerprint density at radius 2 is 1.84 bits per heavy atom. The Balaban J connectivity index is 1.94. The molecule has 2 N–H and O–H groups in total. The lowest BCUT2D eigenvalue weighted by Crippen LogP contribution is -2.26. The number of nitrogens with zero attached hydrogens (tertiary/aromatic N) is 2. The molecule has 1 aromatic heterocycles. The molecule has 0 saturated carbocycles. The number of hydrogen-bond acceptors (Lipinski definition) is 3. The molecule has 0 saturated heterocycles. The Labute approximate surface area is 144 Å². The van der Waals surface area contributed by atoms with Gasteiger partial charge in [-0.25, -0.2) is 4.79 Å². The number of aromatic carboxylic acids is 1. The Morgan fingerprint density at radius 1 is 1.08 bits per heavy atom. The van der Waals surface area contributed by atoms with Gasteiger partial charge in [-0.05, 0) is 23.3 Å². The molecule has 1 amide bonds. The molecule has 6 nitrogen and oxygen atoms in total. The Kier molecular flexibility index (Phi) is 4.61. The lowest BCUT2D eigenvalue weighted by molar-refractivity contribution is 0.0692. The summed E-state index contributed by atoms with van der Waals surface area (Å²) in [5.74, 6) is -1.57. The third-order valence-electron chi connectivity index (χ3n) is 3.96. The number of carboxylic acid groups (broad SMARTS) is 1. The van der Waals surface area contributed by atoms with Crippen LogP contribution in [0.25, 0.3) is 11.1 Å². The largest absolute Gasteiger partial charge is 0.478 e. The molecule has 0 spiro atoms. The van der Waals surface area contributed by atoms with Crippen LogP contribution in [0.15, 0.2) is 60.8 Å². The molecule has 0 fully saturated rings. The van der Waals surface area contributed by atoms with E-state index in [9.17, 15) is 14.7 Å². The molecule has 1 heterocycles. The first-order chi connectivity index (χ1) is 12.1. The monoisotopic (exact) mass is 335 g/mol. The second-order valence-corrected chi connectivity index (χ2v) is 5.53. The summed E-state index contributed by atoms with van der Waals surface area (Å²) in [5.41, 5.74) is 2.22. The van der Waals surface area contributed by atoms with Crippen LogP contribution in [-0.2, 0) is 13.6 Å². The van der Waals surface area contributed by atoms with Crippen LogP contribution in [0.1, 0.15) is 26.4 Å². The van der Waals surface area contributed by atoms with Crippen LogP contribution in [0.4, 0.5) is 0 Å². The number of rotatable bonds is 5. The number of carboxylic acids is 1. The molecule has 3 rings (SSSR count). The van der Waals surface area contributed by atoms with Gasteiger partial charge in [0.25, 0.3) is 5.91 Å². The minimum atomic E-state index is -1.13. The summed E-state index contributed by atoms with van der Waals surface area (Å²) in [7, 11) is 1.78. The van der Waals surface area contributed by atoms with Crippen molar-refractivity contribution in [3.63, 3.8) is 0 Å². The number of benzene rings is 2. The molecule has 0 unspecified atom stereocenters. The predicted octanol–water partition coefficient (Wildman–Crippen LogP) is 2.72. The molecule has 0 radical (unpaired) electrons. The molecule has 6 heteroatoms. The van der Waals surface area contributed by atoms with Gasteiger partial charge in [0.05, 0.1) is 23.4 Å². The molecule has 0 bridgehead atoms. The maximum Gasteiger partial charge on any atom is 0.337 e. The van der Waals surface area contributed by atoms with E-state index >= 15 is 0 Å². The van der Waals surface area contributed by atoms with Gasteiger partial charge in [0.1, 0.15) is 0 Å². The van der Waals surface area contributed by atoms with Crippen molar-refractivity contribution in [1.29, 1.82) is 0 Å². The Morgan fingerprint density at radius 3 is 2.48 bits per heavy atom. The number of aryl methyl sites for hydroxylation is 1. The van der Waals surface area contributed by atoms with E-state index in [2.05, 4.69) is 10.4 Å². The molecule has 25 heavy (non-hydrogen) atoms. The van der Waals surface area contributed by atoms with Crippen molar-refractivity contribution < 1.29 is 14.7 Å².